The summed E-state index contributed by atoms with van der Waals surface area (Å²) in [5.74, 6) is 0.137. The second kappa shape index (κ2) is 7.23. The van der Waals surface area contributed by atoms with Gasteiger partial charge in [-0.15, -0.1) is 3.89 Å². The predicted molar refractivity (Wildman–Crippen MR) is 95.6 cm³/mol. The molecule has 0 saturated carbocycles. The molecule has 23 heavy (non-hydrogen) atoms. The second-order valence-corrected chi connectivity index (χ2v) is 8.67. The normalized spacial score (nSPS) is 21.9. The van der Waals surface area contributed by atoms with Crippen molar-refractivity contribution in [1.29, 1.82) is 0 Å². The molecule has 0 N–H and O–H groups in total. The van der Waals surface area contributed by atoms with Gasteiger partial charge in [0.2, 0.25) is 0 Å². The van der Waals surface area contributed by atoms with E-state index in [1.165, 1.54) is 16.4 Å². The van der Waals surface area contributed by atoms with Gasteiger partial charge in [0.25, 0.3) is 10.3 Å². The predicted octanol–water partition coefficient (Wildman–Crippen LogP) is 4.65. The summed E-state index contributed by atoms with van der Waals surface area (Å²) in [5, 5.41) is 0.822. The Bertz CT molecular complexity index is 679. The summed E-state index contributed by atoms with van der Waals surface area (Å²) in [7, 11) is -0.129. The van der Waals surface area contributed by atoms with E-state index in [0.717, 1.165) is 12.0 Å². The fourth-order valence-corrected chi connectivity index (χ4v) is 4.78. The first-order valence-electron chi connectivity index (χ1n) is 7.49. The summed E-state index contributed by atoms with van der Waals surface area (Å²) in [6, 6.07) is 3.21. The minimum Gasteiger partial charge on any atom is -0.305 e. The van der Waals surface area contributed by atoms with Crippen molar-refractivity contribution in [3.63, 3.8) is 0 Å². The molecule has 1 fully saturated rings. The van der Waals surface area contributed by atoms with E-state index in [9.17, 15) is 8.09 Å². The van der Waals surface area contributed by atoms with Crippen LogP contribution in [0.4, 0.5) is 9.57 Å². The zero-order valence-electron chi connectivity index (χ0n) is 13.7. The summed E-state index contributed by atoms with van der Waals surface area (Å²) >= 11 is 12.4. The van der Waals surface area contributed by atoms with Crippen LogP contribution < -0.4 is 0 Å². The molecule has 2 rings (SSSR count). The van der Waals surface area contributed by atoms with E-state index >= 15 is 0 Å². The Morgan fingerprint density at radius 2 is 1.91 bits per heavy atom. The fraction of sp³-hybridized carbons (Fsp3) is 0.600. The number of rotatable bonds is 4. The number of nitrogens with zero attached hydrogens (tertiary/aromatic N) is 3. The third-order valence-corrected chi connectivity index (χ3v) is 6.06. The first-order valence-corrected chi connectivity index (χ1v) is 9.62. The molecule has 1 aromatic carbocycles. The van der Waals surface area contributed by atoms with Crippen molar-refractivity contribution in [3.05, 3.63) is 27.7 Å². The van der Waals surface area contributed by atoms with Gasteiger partial charge < -0.3 is 4.90 Å². The van der Waals surface area contributed by atoms with Crippen molar-refractivity contribution in [2.24, 2.45) is 4.36 Å². The molecular weight excluding hydrogens is 360 g/mol. The Balaban J connectivity index is 2.32. The second-order valence-electron chi connectivity index (χ2n) is 6.29. The van der Waals surface area contributed by atoms with Gasteiger partial charge in [0.05, 0.1) is 5.69 Å². The van der Waals surface area contributed by atoms with Gasteiger partial charge in [-0.1, -0.05) is 37.0 Å². The van der Waals surface area contributed by atoms with Crippen LogP contribution in [0.15, 0.2) is 16.5 Å². The highest BCUT2D eigenvalue weighted by Gasteiger charge is 2.31. The van der Waals surface area contributed by atoms with E-state index in [4.69, 9.17) is 23.2 Å². The molecule has 130 valence electrons. The molecule has 0 aliphatic carbocycles. The molecule has 1 saturated heterocycles. The summed E-state index contributed by atoms with van der Waals surface area (Å²) in [6.07, 6.45) is 0.761. The molecule has 4 nitrogen and oxygen atoms in total. The SMILES string of the molecule is CC(C)c1c(Cl)cc(N=S(=O)(F)N2CC[C@@H](N(C)C)C2)cc1Cl. The molecule has 0 radical (unpaired) electrons. The van der Waals surface area contributed by atoms with Crippen LogP contribution in [0, 0.1) is 0 Å². The van der Waals surface area contributed by atoms with E-state index in [1.54, 1.807) is 0 Å². The molecule has 0 amide bonds. The van der Waals surface area contributed by atoms with Gasteiger partial charge in [0.1, 0.15) is 0 Å². The molecule has 0 aromatic heterocycles. The smallest absolute Gasteiger partial charge is 0.275 e. The summed E-state index contributed by atoms with van der Waals surface area (Å²) < 4.78 is 32.1. The molecule has 1 heterocycles. The number of benzene rings is 1. The van der Waals surface area contributed by atoms with Gasteiger partial charge in [-0.05, 0) is 44.1 Å². The number of likely N-dealkylation sites (N-methyl/N-ethyl adjacent to an activating group) is 1. The Morgan fingerprint density at radius 1 is 1.35 bits per heavy atom. The highest BCUT2D eigenvalue weighted by Crippen LogP contribution is 2.36. The van der Waals surface area contributed by atoms with Crippen molar-refractivity contribution in [2.75, 3.05) is 27.2 Å². The maximum Gasteiger partial charge on any atom is 0.275 e. The summed E-state index contributed by atoms with van der Waals surface area (Å²) in [4.78, 5) is 2.00. The van der Waals surface area contributed by atoms with Gasteiger partial charge in [-0.3, -0.25) is 0 Å². The summed E-state index contributed by atoms with van der Waals surface area (Å²) in [6.45, 7) is 4.73. The molecule has 1 aromatic rings. The lowest BCUT2D eigenvalue weighted by atomic mass is 10.0. The standard InChI is InChI=1S/C15H22Cl2FN3OS/c1-10(2)15-13(16)7-11(8-14(15)17)19-23(18,22)21-6-5-12(9-21)20(3)4/h7-8,10,12H,5-6,9H2,1-4H3/t12-,23?/m1/s1. The van der Waals surface area contributed by atoms with Gasteiger partial charge in [-0.25, -0.2) is 0 Å². The third-order valence-electron chi connectivity index (χ3n) is 4.03. The first kappa shape index (κ1) is 18.9. The lowest BCUT2D eigenvalue weighted by Crippen LogP contribution is -2.32. The molecule has 0 spiro atoms. The van der Waals surface area contributed by atoms with Crippen LogP contribution in [-0.2, 0) is 10.3 Å². The van der Waals surface area contributed by atoms with Gasteiger partial charge in [-0.2, -0.15) is 12.9 Å². The Kier molecular flexibility index (Phi) is 5.95. The average Bonchev–Trinajstić information content (AvgIpc) is 2.86. The molecule has 2 atom stereocenters. The molecule has 1 unspecified atom stereocenters. The highest BCUT2D eigenvalue weighted by atomic mass is 35.5. The number of halogens is 3. The Hall–Kier alpha value is -0.400. The molecule has 1 aliphatic heterocycles. The van der Waals surface area contributed by atoms with Crippen molar-refractivity contribution in [3.8, 4) is 0 Å². The highest BCUT2D eigenvalue weighted by molar-refractivity contribution is 7.86. The first-order chi connectivity index (χ1) is 10.6. The van der Waals surface area contributed by atoms with Crippen LogP contribution in [0.1, 0.15) is 31.7 Å². The van der Waals surface area contributed by atoms with E-state index < -0.39 is 10.3 Å². The van der Waals surface area contributed by atoms with Gasteiger partial charge in [0.15, 0.2) is 0 Å². The maximum absolute atomic E-state index is 14.6. The minimum atomic E-state index is -3.98. The molecule has 0 bridgehead atoms. The van der Waals surface area contributed by atoms with E-state index in [0.29, 0.717) is 23.1 Å². The van der Waals surface area contributed by atoms with E-state index in [2.05, 4.69) is 4.36 Å². The van der Waals surface area contributed by atoms with Gasteiger partial charge >= 0.3 is 0 Å². The number of hydrogen-bond donors (Lipinski definition) is 0. The monoisotopic (exact) mass is 381 g/mol. The van der Waals surface area contributed by atoms with Crippen LogP contribution in [-0.4, -0.2) is 46.6 Å². The zero-order valence-corrected chi connectivity index (χ0v) is 16.1. The topological polar surface area (TPSA) is 35.9 Å². The lowest BCUT2D eigenvalue weighted by molar-refractivity contribution is 0.302. The minimum absolute atomic E-state index is 0.137. The van der Waals surface area contributed by atoms with Crippen molar-refractivity contribution in [1.82, 2.24) is 9.21 Å². The number of hydrogen-bond acceptors (Lipinski definition) is 3. The largest absolute Gasteiger partial charge is 0.305 e. The summed E-state index contributed by atoms with van der Waals surface area (Å²) in [5.41, 5.74) is 0.983. The van der Waals surface area contributed by atoms with Gasteiger partial charge in [0, 0.05) is 29.2 Å². The van der Waals surface area contributed by atoms with Crippen LogP contribution in [0.3, 0.4) is 0 Å². The maximum atomic E-state index is 14.6. The van der Waals surface area contributed by atoms with Crippen LogP contribution in [0.2, 0.25) is 10.0 Å². The fourth-order valence-electron chi connectivity index (χ4n) is 2.70. The van der Waals surface area contributed by atoms with Crippen LogP contribution in [0.25, 0.3) is 0 Å². The van der Waals surface area contributed by atoms with E-state index in [1.807, 2.05) is 32.8 Å². The zero-order chi connectivity index (χ0) is 17.4. The Labute approximate surface area is 148 Å². The third kappa shape index (κ3) is 4.37. The lowest BCUT2D eigenvalue weighted by Gasteiger charge is -2.19. The van der Waals surface area contributed by atoms with Crippen molar-refractivity contribution >= 4 is 39.2 Å². The van der Waals surface area contributed by atoms with Crippen molar-refractivity contribution < 1.29 is 8.09 Å². The van der Waals surface area contributed by atoms with Crippen molar-refractivity contribution in [2.45, 2.75) is 32.2 Å². The molecule has 8 heteroatoms. The average molecular weight is 382 g/mol. The Morgan fingerprint density at radius 3 is 2.35 bits per heavy atom. The van der Waals surface area contributed by atoms with E-state index in [-0.39, 0.29) is 17.6 Å². The van der Waals surface area contributed by atoms with Crippen LogP contribution >= 0.6 is 23.2 Å². The quantitative estimate of drug-likeness (QED) is 0.711. The van der Waals surface area contributed by atoms with Crippen LogP contribution in [0.5, 0.6) is 0 Å². The molecule has 1 aliphatic rings. The molecular formula is C15H22Cl2FN3OS.